The number of carbonyl (C=O) groups is 1. The molecule has 0 aliphatic carbocycles. The summed E-state index contributed by atoms with van der Waals surface area (Å²) in [6.07, 6.45) is 0. The molecule has 0 fully saturated rings. The normalized spacial score (nSPS) is 14.4. The van der Waals surface area contributed by atoms with Crippen molar-refractivity contribution in [2.45, 2.75) is 31.3 Å². The molecule has 1 unspecified atom stereocenters. The summed E-state index contributed by atoms with van der Waals surface area (Å²) in [5.41, 5.74) is -0.285. The van der Waals surface area contributed by atoms with E-state index < -0.39 is 15.6 Å². The highest BCUT2D eigenvalue weighted by Gasteiger charge is 2.25. The smallest absolute Gasteiger partial charge is 0.240 e. The van der Waals surface area contributed by atoms with Crippen LogP contribution in [0.3, 0.4) is 0 Å². The molecule has 0 aliphatic heterocycles. The molecule has 0 radical (unpaired) electrons. The predicted molar refractivity (Wildman–Crippen MR) is 83.2 cm³/mol. The number of amides is 1. The molecule has 1 amide bonds. The zero-order valence-corrected chi connectivity index (χ0v) is 14.0. The number of hydrogen-bond donors (Lipinski definition) is 3. The fraction of sp³-hybridized carbons (Fsp3) is 0.500. The maximum atomic E-state index is 12.3. The van der Waals surface area contributed by atoms with Crippen molar-refractivity contribution < 1.29 is 23.1 Å². The van der Waals surface area contributed by atoms with Crippen LogP contribution in [0.1, 0.15) is 19.4 Å². The Labute approximate surface area is 130 Å². The van der Waals surface area contributed by atoms with Crippen LogP contribution >= 0.6 is 0 Å². The van der Waals surface area contributed by atoms with Crippen molar-refractivity contribution in [2.75, 3.05) is 25.6 Å². The third-order valence-electron chi connectivity index (χ3n) is 2.88. The average Bonchev–Trinajstić information content (AvgIpc) is 2.35. The summed E-state index contributed by atoms with van der Waals surface area (Å²) < 4.78 is 31.8. The summed E-state index contributed by atoms with van der Waals surface area (Å²) >= 11 is 0. The molecule has 8 heteroatoms. The van der Waals surface area contributed by atoms with Gasteiger partial charge < -0.3 is 15.2 Å². The number of ether oxygens (including phenoxy) is 1. The zero-order chi connectivity index (χ0) is 17.0. The van der Waals surface area contributed by atoms with Crippen molar-refractivity contribution in [3.8, 4) is 0 Å². The van der Waals surface area contributed by atoms with Crippen molar-refractivity contribution in [1.29, 1.82) is 0 Å². The summed E-state index contributed by atoms with van der Waals surface area (Å²) in [6, 6.07) is 4.49. The molecule has 0 aromatic heterocycles. The van der Waals surface area contributed by atoms with Crippen LogP contribution < -0.4 is 10.0 Å². The maximum Gasteiger partial charge on any atom is 0.240 e. The first-order valence-corrected chi connectivity index (χ1v) is 8.15. The Morgan fingerprint density at radius 3 is 2.55 bits per heavy atom. The van der Waals surface area contributed by atoms with Gasteiger partial charge in [0.15, 0.2) is 0 Å². The molecule has 1 aromatic carbocycles. The molecule has 22 heavy (non-hydrogen) atoms. The molecule has 3 N–H and O–H groups in total. The van der Waals surface area contributed by atoms with E-state index in [0.717, 1.165) is 0 Å². The van der Waals surface area contributed by atoms with Gasteiger partial charge in [-0.25, -0.2) is 13.1 Å². The second-order valence-corrected chi connectivity index (χ2v) is 7.15. The first-order chi connectivity index (χ1) is 10.1. The lowest BCUT2D eigenvalue weighted by Gasteiger charge is -2.22. The summed E-state index contributed by atoms with van der Waals surface area (Å²) in [5, 5.41) is 12.5. The van der Waals surface area contributed by atoms with E-state index in [1.807, 2.05) is 0 Å². The van der Waals surface area contributed by atoms with E-state index in [2.05, 4.69) is 10.0 Å². The number of methoxy groups -OCH3 is 1. The summed E-state index contributed by atoms with van der Waals surface area (Å²) in [7, 11) is -2.34. The number of hydrogen-bond acceptors (Lipinski definition) is 5. The molecule has 0 bridgehead atoms. The van der Waals surface area contributed by atoms with Gasteiger partial charge >= 0.3 is 0 Å². The fourth-order valence-corrected chi connectivity index (χ4v) is 3.31. The van der Waals surface area contributed by atoms with Crippen LogP contribution in [-0.2, 0) is 19.6 Å². The second-order valence-electron chi connectivity index (χ2n) is 5.42. The highest BCUT2D eigenvalue weighted by molar-refractivity contribution is 7.89. The number of aryl methyl sites for hydroxylation is 1. The Bertz CT molecular complexity index is 641. The Morgan fingerprint density at radius 1 is 1.41 bits per heavy atom. The molecule has 7 nitrogen and oxygen atoms in total. The van der Waals surface area contributed by atoms with E-state index >= 15 is 0 Å². The summed E-state index contributed by atoms with van der Waals surface area (Å²) in [5.74, 6) is -0.233. The predicted octanol–water partition coefficient (Wildman–Crippen LogP) is 0.629. The number of nitrogens with one attached hydrogen (secondary N) is 2. The highest BCUT2D eigenvalue weighted by Crippen LogP contribution is 2.20. The number of rotatable bonds is 7. The first kappa shape index (κ1) is 18.6. The quantitative estimate of drug-likeness (QED) is 0.680. The van der Waals surface area contributed by atoms with Crippen molar-refractivity contribution in [1.82, 2.24) is 4.72 Å². The van der Waals surface area contributed by atoms with Gasteiger partial charge in [-0.1, -0.05) is 0 Å². The third kappa shape index (κ3) is 5.38. The van der Waals surface area contributed by atoms with Crippen LogP contribution in [0.15, 0.2) is 23.1 Å². The van der Waals surface area contributed by atoms with Gasteiger partial charge in [0.25, 0.3) is 0 Å². The zero-order valence-electron chi connectivity index (χ0n) is 13.1. The maximum absolute atomic E-state index is 12.3. The standard InChI is InChI=1S/C14H22N2O5S/c1-10-7-12(16-11(2)17)5-6-13(10)22(19,20)15-8-14(3,18)9-21-4/h5-7,15,18H,8-9H2,1-4H3,(H,16,17). The third-order valence-corrected chi connectivity index (χ3v) is 4.44. The van der Waals surface area contributed by atoms with E-state index in [9.17, 15) is 18.3 Å². The second kappa shape index (κ2) is 7.19. The van der Waals surface area contributed by atoms with E-state index in [4.69, 9.17) is 4.74 Å². The molecule has 0 saturated carbocycles. The van der Waals surface area contributed by atoms with Crippen LogP contribution in [-0.4, -0.2) is 45.3 Å². The monoisotopic (exact) mass is 330 g/mol. The van der Waals surface area contributed by atoms with Gasteiger partial charge in [0.1, 0.15) is 0 Å². The Morgan fingerprint density at radius 2 is 2.05 bits per heavy atom. The Balaban J connectivity index is 2.92. The number of carbonyl (C=O) groups excluding carboxylic acids is 1. The van der Waals surface area contributed by atoms with Gasteiger partial charge in [0, 0.05) is 26.3 Å². The van der Waals surface area contributed by atoms with Crippen molar-refractivity contribution >= 4 is 21.6 Å². The fourth-order valence-electron chi connectivity index (χ4n) is 1.92. The van der Waals surface area contributed by atoms with Crippen LogP contribution in [0.4, 0.5) is 5.69 Å². The van der Waals surface area contributed by atoms with Gasteiger partial charge in [-0.2, -0.15) is 0 Å². The Kier molecular flexibility index (Phi) is 6.07. The molecule has 1 aromatic rings. The topological polar surface area (TPSA) is 105 Å². The van der Waals surface area contributed by atoms with Crippen LogP contribution in [0.5, 0.6) is 0 Å². The molecule has 1 atom stereocenters. The minimum atomic E-state index is -3.77. The lowest BCUT2D eigenvalue weighted by molar-refractivity contribution is -0.114. The van der Waals surface area contributed by atoms with Crippen LogP contribution in [0, 0.1) is 6.92 Å². The van der Waals surface area contributed by atoms with Gasteiger partial charge in [0.05, 0.1) is 17.1 Å². The van der Waals surface area contributed by atoms with Crippen molar-refractivity contribution in [3.63, 3.8) is 0 Å². The molecule has 0 heterocycles. The molecule has 1 rings (SSSR count). The lowest BCUT2D eigenvalue weighted by atomic mass is 10.1. The van der Waals surface area contributed by atoms with Crippen molar-refractivity contribution in [2.24, 2.45) is 0 Å². The largest absolute Gasteiger partial charge is 0.386 e. The summed E-state index contributed by atoms with van der Waals surface area (Å²) in [4.78, 5) is 11.1. The van der Waals surface area contributed by atoms with E-state index in [1.165, 1.54) is 33.1 Å². The van der Waals surface area contributed by atoms with Crippen LogP contribution in [0.2, 0.25) is 0 Å². The van der Waals surface area contributed by atoms with E-state index in [0.29, 0.717) is 11.3 Å². The molecular formula is C14H22N2O5S. The molecule has 0 saturated heterocycles. The van der Waals surface area contributed by atoms with Crippen molar-refractivity contribution in [3.05, 3.63) is 23.8 Å². The van der Waals surface area contributed by atoms with Gasteiger partial charge in [-0.3, -0.25) is 4.79 Å². The first-order valence-electron chi connectivity index (χ1n) is 6.66. The number of benzene rings is 1. The number of anilines is 1. The van der Waals surface area contributed by atoms with E-state index in [1.54, 1.807) is 13.0 Å². The molecular weight excluding hydrogens is 308 g/mol. The van der Waals surface area contributed by atoms with Crippen LogP contribution in [0.25, 0.3) is 0 Å². The van der Waals surface area contributed by atoms with Gasteiger partial charge in [-0.15, -0.1) is 0 Å². The van der Waals surface area contributed by atoms with Gasteiger partial charge in [0.2, 0.25) is 15.9 Å². The minimum Gasteiger partial charge on any atom is -0.386 e. The van der Waals surface area contributed by atoms with Gasteiger partial charge in [-0.05, 0) is 37.6 Å². The SMILES string of the molecule is COCC(C)(O)CNS(=O)(=O)c1ccc(NC(C)=O)cc1C. The molecule has 124 valence electrons. The lowest BCUT2D eigenvalue weighted by Crippen LogP contribution is -2.43. The average molecular weight is 330 g/mol. The summed E-state index contributed by atoms with van der Waals surface area (Å²) in [6.45, 7) is 4.32. The highest BCUT2D eigenvalue weighted by atomic mass is 32.2. The number of aliphatic hydroxyl groups is 1. The molecule has 0 spiro atoms. The molecule has 0 aliphatic rings. The minimum absolute atomic E-state index is 0.00989. The Hall–Kier alpha value is -1.48. The number of sulfonamides is 1. The van der Waals surface area contributed by atoms with E-state index in [-0.39, 0.29) is 24.0 Å².